The summed E-state index contributed by atoms with van der Waals surface area (Å²) in [5.74, 6) is 0. The standard InChI is InChI=1S/C31H35F3N4O3/c1-30(2,3)41-29(40)38-20-18-37(19-21-38)27(23-12-8-5-9-13-23)26(22-10-6-4-7-11-22)36-28(39)35-25-16-14-24(15-17-25)31(32,33)34/h4-17,26-27H,18-21H2,1-3H3,(H2,35,36,39). The Labute approximate surface area is 238 Å². The molecule has 1 aliphatic heterocycles. The summed E-state index contributed by atoms with van der Waals surface area (Å²) in [7, 11) is 0. The van der Waals surface area contributed by atoms with E-state index in [4.69, 9.17) is 4.74 Å². The average Bonchev–Trinajstić information content (AvgIpc) is 2.93. The minimum Gasteiger partial charge on any atom is -0.444 e. The number of carbonyl (C=O) groups excluding carboxylic acids is 2. The Morgan fingerprint density at radius 3 is 1.83 bits per heavy atom. The Bertz CT molecular complexity index is 1290. The minimum atomic E-state index is -4.46. The van der Waals surface area contributed by atoms with Crippen LogP contribution in [0, 0.1) is 0 Å². The number of halogens is 3. The lowest BCUT2D eigenvalue weighted by Gasteiger charge is -2.43. The van der Waals surface area contributed by atoms with Crippen LogP contribution in [0.4, 0.5) is 28.4 Å². The molecule has 3 aromatic rings. The summed E-state index contributed by atoms with van der Waals surface area (Å²) in [5.41, 5.74) is 0.689. The van der Waals surface area contributed by atoms with Crippen molar-refractivity contribution in [1.82, 2.24) is 15.1 Å². The van der Waals surface area contributed by atoms with Crippen molar-refractivity contribution in [3.05, 3.63) is 102 Å². The molecule has 218 valence electrons. The van der Waals surface area contributed by atoms with E-state index in [0.29, 0.717) is 26.2 Å². The number of ether oxygens (including phenoxy) is 1. The molecule has 4 rings (SSSR count). The van der Waals surface area contributed by atoms with E-state index in [1.165, 1.54) is 12.1 Å². The van der Waals surface area contributed by atoms with Crippen LogP contribution in [-0.4, -0.2) is 53.7 Å². The molecule has 2 unspecified atom stereocenters. The van der Waals surface area contributed by atoms with Crippen molar-refractivity contribution in [2.24, 2.45) is 0 Å². The SMILES string of the molecule is CC(C)(C)OC(=O)N1CCN(C(c2ccccc2)C(NC(=O)Nc2ccc(C(F)(F)F)cc2)c2ccccc2)CC1. The molecule has 0 bridgehead atoms. The van der Waals surface area contributed by atoms with E-state index in [9.17, 15) is 22.8 Å². The second kappa shape index (κ2) is 12.6. The molecule has 0 aromatic heterocycles. The van der Waals surface area contributed by atoms with Gasteiger partial charge in [0.15, 0.2) is 0 Å². The van der Waals surface area contributed by atoms with Gasteiger partial charge in [0.05, 0.1) is 17.6 Å². The molecule has 1 heterocycles. The highest BCUT2D eigenvalue weighted by molar-refractivity contribution is 5.89. The molecule has 0 spiro atoms. The van der Waals surface area contributed by atoms with E-state index in [0.717, 1.165) is 23.3 Å². The summed E-state index contributed by atoms with van der Waals surface area (Å²) in [6, 6.07) is 22.3. The largest absolute Gasteiger partial charge is 0.444 e. The first-order valence-electron chi connectivity index (χ1n) is 13.5. The normalized spacial score (nSPS) is 16.0. The zero-order valence-electron chi connectivity index (χ0n) is 23.3. The van der Waals surface area contributed by atoms with Crippen LogP contribution in [0.2, 0.25) is 0 Å². The van der Waals surface area contributed by atoms with Crippen molar-refractivity contribution in [2.75, 3.05) is 31.5 Å². The lowest BCUT2D eigenvalue weighted by molar-refractivity contribution is -0.137. The number of piperazine rings is 1. The first-order chi connectivity index (χ1) is 19.4. The van der Waals surface area contributed by atoms with E-state index in [2.05, 4.69) is 15.5 Å². The van der Waals surface area contributed by atoms with Gasteiger partial charge in [0, 0.05) is 31.9 Å². The third-order valence-corrected chi connectivity index (χ3v) is 6.73. The van der Waals surface area contributed by atoms with Crippen molar-refractivity contribution >= 4 is 17.8 Å². The number of hydrogen-bond donors (Lipinski definition) is 2. The number of nitrogens with zero attached hydrogens (tertiary/aromatic N) is 2. The highest BCUT2D eigenvalue weighted by Crippen LogP contribution is 2.35. The molecule has 2 atom stereocenters. The van der Waals surface area contributed by atoms with Crippen LogP contribution in [0.1, 0.15) is 49.5 Å². The Hall–Kier alpha value is -4.05. The average molecular weight is 569 g/mol. The van der Waals surface area contributed by atoms with Gasteiger partial charge in [0.2, 0.25) is 0 Å². The maximum absolute atomic E-state index is 13.2. The number of hydrogen-bond acceptors (Lipinski definition) is 4. The molecule has 0 radical (unpaired) electrons. The monoisotopic (exact) mass is 568 g/mol. The van der Waals surface area contributed by atoms with Crippen molar-refractivity contribution in [3.8, 4) is 0 Å². The molecular weight excluding hydrogens is 533 g/mol. The molecule has 1 saturated heterocycles. The van der Waals surface area contributed by atoms with Gasteiger partial charge in [-0.05, 0) is 56.2 Å². The molecule has 3 aromatic carbocycles. The van der Waals surface area contributed by atoms with Crippen LogP contribution >= 0.6 is 0 Å². The summed E-state index contributed by atoms with van der Waals surface area (Å²) in [6.07, 6.45) is -4.82. The topological polar surface area (TPSA) is 73.9 Å². The third-order valence-electron chi connectivity index (χ3n) is 6.73. The van der Waals surface area contributed by atoms with E-state index >= 15 is 0 Å². The third kappa shape index (κ3) is 8.23. The van der Waals surface area contributed by atoms with Crippen LogP contribution in [0.3, 0.4) is 0 Å². The molecule has 3 amide bonds. The van der Waals surface area contributed by atoms with Crippen LogP contribution < -0.4 is 10.6 Å². The Kier molecular flexibility index (Phi) is 9.22. The smallest absolute Gasteiger partial charge is 0.416 e. The molecule has 7 nitrogen and oxygen atoms in total. The second-order valence-corrected chi connectivity index (χ2v) is 10.9. The predicted octanol–water partition coefficient (Wildman–Crippen LogP) is 6.86. The molecule has 41 heavy (non-hydrogen) atoms. The minimum absolute atomic E-state index is 0.240. The van der Waals surface area contributed by atoms with Gasteiger partial charge in [-0.15, -0.1) is 0 Å². The highest BCUT2D eigenvalue weighted by Gasteiger charge is 2.35. The predicted molar refractivity (Wildman–Crippen MR) is 151 cm³/mol. The number of anilines is 1. The molecule has 1 aliphatic rings. The van der Waals surface area contributed by atoms with Crippen LogP contribution in [0.15, 0.2) is 84.9 Å². The fourth-order valence-electron chi connectivity index (χ4n) is 4.83. The lowest BCUT2D eigenvalue weighted by atomic mass is 9.91. The Morgan fingerprint density at radius 1 is 0.780 bits per heavy atom. The molecular formula is C31H35F3N4O3. The molecule has 2 N–H and O–H groups in total. The maximum Gasteiger partial charge on any atom is 0.416 e. The quantitative estimate of drug-likeness (QED) is 0.341. The number of benzene rings is 3. The zero-order valence-corrected chi connectivity index (χ0v) is 23.3. The summed E-state index contributed by atoms with van der Waals surface area (Å²) in [5, 5.41) is 5.74. The summed E-state index contributed by atoms with van der Waals surface area (Å²) >= 11 is 0. The van der Waals surface area contributed by atoms with E-state index in [1.54, 1.807) is 4.90 Å². The second-order valence-electron chi connectivity index (χ2n) is 10.9. The number of amides is 3. The number of alkyl halides is 3. The van der Waals surface area contributed by atoms with Crippen LogP contribution in [0.5, 0.6) is 0 Å². The first kappa shape index (κ1) is 29.9. The molecule has 1 fully saturated rings. The van der Waals surface area contributed by atoms with Crippen molar-refractivity contribution in [3.63, 3.8) is 0 Å². The van der Waals surface area contributed by atoms with Gasteiger partial charge < -0.3 is 20.3 Å². The van der Waals surface area contributed by atoms with Crippen LogP contribution in [-0.2, 0) is 10.9 Å². The fraction of sp³-hybridized carbons (Fsp3) is 0.355. The highest BCUT2D eigenvalue weighted by atomic mass is 19.4. The van der Waals surface area contributed by atoms with Gasteiger partial charge in [-0.25, -0.2) is 9.59 Å². The van der Waals surface area contributed by atoms with Crippen molar-refractivity contribution in [1.29, 1.82) is 0 Å². The maximum atomic E-state index is 13.2. The number of carbonyl (C=O) groups is 2. The summed E-state index contributed by atoms with van der Waals surface area (Å²) in [6.45, 7) is 7.50. The molecule has 0 aliphatic carbocycles. The van der Waals surface area contributed by atoms with E-state index < -0.39 is 29.4 Å². The lowest BCUT2D eigenvalue weighted by Crippen LogP contribution is -2.53. The van der Waals surface area contributed by atoms with Gasteiger partial charge >= 0.3 is 18.3 Å². The van der Waals surface area contributed by atoms with Gasteiger partial charge in [0.1, 0.15) is 5.60 Å². The van der Waals surface area contributed by atoms with Crippen molar-refractivity contribution in [2.45, 2.75) is 44.6 Å². The summed E-state index contributed by atoms with van der Waals surface area (Å²) < 4.78 is 44.5. The van der Waals surface area contributed by atoms with E-state index in [-0.39, 0.29) is 17.8 Å². The molecule has 10 heteroatoms. The molecule has 0 saturated carbocycles. The summed E-state index contributed by atoms with van der Waals surface area (Å²) in [4.78, 5) is 29.8. The fourth-order valence-corrected chi connectivity index (χ4v) is 4.83. The number of nitrogens with one attached hydrogen (secondary N) is 2. The zero-order chi connectivity index (χ0) is 29.6. The first-order valence-corrected chi connectivity index (χ1v) is 13.5. The van der Waals surface area contributed by atoms with Gasteiger partial charge in [-0.2, -0.15) is 13.2 Å². The van der Waals surface area contributed by atoms with Gasteiger partial charge in [-0.3, -0.25) is 4.90 Å². The van der Waals surface area contributed by atoms with Gasteiger partial charge in [-0.1, -0.05) is 60.7 Å². The Morgan fingerprint density at radius 2 is 1.32 bits per heavy atom. The number of urea groups is 1. The number of rotatable bonds is 6. The Balaban J connectivity index is 1.57. The van der Waals surface area contributed by atoms with Crippen LogP contribution in [0.25, 0.3) is 0 Å². The van der Waals surface area contributed by atoms with Crippen molar-refractivity contribution < 1.29 is 27.5 Å². The van der Waals surface area contributed by atoms with E-state index in [1.807, 2.05) is 81.4 Å². The van der Waals surface area contributed by atoms with Gasteiger partial charge in [0.25, 0.3) is 0 Å².